The first-order chi connectivity index (χ1) is 33.4. The van der Waals surface area contributed by atoms with E-state index in [0.29, 0.717) is 55.3 Å². The number of carbonyl (C=O) groups is 1. The van der Waals surface area contributed by atoms with E-state index >= 15 is 0 Å². The van der Waals surface area contributed by atoms with Crippen molar-refractivity contribution in [1.29, 1.82) is 0 Å². The molecule has 3 N–H and O–H groups in total. The number of benzene rings is 3. The van der Waals surface area contributed by atoms with Crippen LogP contribution >= 0.6 is 0 Å². The average Bonchev–Trinajstić information content (AvgIpc) is 3.36. The maximum absolute atomic E-state index is 14.8. The van der Waals surface area contributed by atoms with Gasteiger partial charge in [-0.15, -0.1) is 6.58 Å². The van der Waals surface area contributed by atoms with Gasteiger partial charge in [0.25, 0.3) is 0 Å². The second kappa shape index (κ2) is 26.2. The highest BCUT2D eigenvalue weighted by atomic mass is 19.1. The Morgan fingerprint density at radius 3 is 2.47 bits per heavy atom. The molecule has 1 saturated carbocycles. The van der Waals surface area contributed by atoms with Gasteiger partial charge in [-0.25, -0.2) is 9.18 Å². The summed E-state index contributed by atoms with van der Waals surface area (Å²) < 4.78 is 59.3. The fourth-order valence-electron chi connectivity index (χ4n) is 10.2. The normalized spacial score (nSPS) is 24.5. The Labute approximate surface area is 399 Å². The van der Waals surface area contributed by atoms with Crippen LogP contribution in [0.2, 0.25) is 0 Å². The molecule has 7 atom stereocenters. The zero-order valence-corrected chi connectivity index (χ0v) is 39.1. The van der Waals surface area contributed by atoms with Crippen LogP contribution in [0.25, 0.3) is 0 Å². The Morgan fingerprint density at radius 2 is 1.71 bits per heavy atom. The largest absolute Gasteiger partial charge is 0.489 e. The number of fused-ring (bicyclic) bond motifs is 2. The molecule has 2 heterocycles. The average molecular weight is 945 g/mol. The number of hydrogen-bond acceptors (Lipinski definition) is 13. The van der Waals surface area contributed by atoms with Gasteiger partial charge in [0, 0.05) is 49.6 Å². The molecule has 0 radical (unpaired) electrons. The Hall–Kier alpha value is -4.87. The summed E-state index contributed by atoms with van der Waals surface area (Å²) in [7, 11) is 0. The Morgan fingerprint density at radius 1 is 0.897 bits per heavy atom. The van der Waals surface area contributed by atoms with E-state index in [2.05, 4.69) is 12.7 Å². The van der Waals surface area contributed by atoms with Crippen molar-refractivity contribution >= 4 is 11.8 Å². The van der Waals surface area contributed by atoms with Crippen LogP contribution in [-0.2, 0) is 41.7 Å². The Bertz CT molecular complexity index is 2100. The first-order valence-corrected chi connectivity index (χ1v) is 24.4. The summed E-state index contributed by atoms with van der Waals surface area (Å²) in [5.74, 6) is -1.82. The van der Waals surface area contributed by atoms with Crippen LogP contribution in [0.3, 0.4) is 0 Å². The van der Waals surface area contributed by atoms with E-state index in [1.807, 2.05) is 42.5 Å². The number of unbranched alkanes of at least 4 members (excludes halogenated alkanes) is 2. The van der Waals surface area contributed by atoms with Gasteiger partial charge in [-0.3, -0.25) is 4.90 Å². The molecule has 3 aromatic carbocycles. The van der Waals surface area contributed by atoms with Gasteiger partial charge in [-0.1, -0.05) is 78.7 Å². The molecule has 1 saturated heterocycles. The van der Waals surface area contributed by atoms with E-state index in [4.69, 9.17) is 43.2 Å². The van der Waals surface area contributed by atoms with Crippen LogP contribution < -0.4 is 9.47 Å². The smallest absolute Gasteiger partial charge is 0.410 e. The Balaban J connectivity index is 1.35. The number of oxime groups is 1. The minimum Gasteiger partial charge on any atom is -0.489 e. The molecule has 15 heteroatoms. The van der Waals surface area contributed by atoms with E-state index in [1.165, 1.54) is 6.07 Å². The number of rotatable bonds is 27. The SMILES string of the molecule is C=CCOC12Oc3ccc(OCc4ccccc4F)cc3C3C(CCCCO)C(CCCCO)C=C(C(=NOC4CCCCO4)CC1N(CCOCCO)C(=O)OCCOCc1ccccc1)C32. The Kier molecular flexibility index (Phi) is 19.6. The molecule has 3 aromatic rings. The number of ether oxygens (including phenoxy) is 7. The predicted molar refractivity (Wildman–Crippen MR) is 252 cm³/mol. The van der Waals surface area contributed by atoms with E-state index < -0.39 is 30.1 Å². The summed E-state index contributed by atoms with van der Waals surface area (Å²) in [6, 6.07) is 21.0. The molecular formula is C53H69FN2O12. The van der Waals surface area contributed by atoms with E-state index in [-0.39, 0.29) is 96.0 Å². The fourth-order valence-corrected chi connectivity index (χ4v) is 10.2. The summed E-state index contributed by atoms with van der Waals surface area (Å²) in [5, 5.41) is 34.5. The van der Waals surface area contributed by atoms with Gasteiger partial charge in [-0.05, 0) is 85.8 Å². The van der Waals surface area contributed by atoms with Crippen molar-refractivity contribution < 1.29 is 62.5 Å². The summed E-state index contributed by atoms with van der Waals surface area (Å²) in [6.07, 6.45) is 9.67. The molecule has 7 rings (SSSR count). The molecule has 2 fully saturated rings. The molecule has 1 amide bonds. The van der Waals surface area contributed by atoms with Crippen molar-refractivity contribution in [2.45, 2.75) is 101 Å². The molecule has 2 aliphatic carbocycles. The van der Waals surface area contributed by atoms with E-state index in [0.717, 1.165) is 55.2 Å². The van der Waals surface area contributed by atoms with Crippen LogP contribution in [0.4, 0.5) is 9.18 Å². The molecule has 14 nitrogen and oxygen atoms in total. The second-order valence-corrected chi connectivity index (χ2v) is 17.7. The van der Waals surface area contributed by atoms with Crippen molar-refractivity contribution in [1.82, 2.24) is 4.90 Å². The summed E-state index contributed by atoms with van der Waals surface area (Å²) in [4.78, 5) is 22.6. The molecule has 68 heavy (non-hydrogen) atoms. The van der Waals surface area contributed by atoms with Crippen molar-refractivity contribution in [3.8, 4) is 11.5 Å². The molecule has 0 bridgehead atoms. The predicted octanol–water partition coefficient (Wildman–Crippen LogP) is 8.23. The minimum absolute atomic E-state index is 0.000877. The highest BCUT2D eigenvalue weighted by Gasteiger charge is 2.65. The van der Waals surface area contributed by atoms with Gasteiger partial charge in [0.05, 0.1) is 57.9 Å². The lowest BCUT2D eigenvalue weighted by molar-refractivity contribution is -0.256. The summed E-state index contributed by atoms with van der Waals surface area (Å²) in [6.45, 7) is 5.23. The highest BCUT2D eigenvalue weighted by Crippen LogP contribution is 2.62. The standard InChI is InChI=1S/C53H69FN2O12/c1-2-27-66-53-48(56(23-29-61-30-26-59)52(60)64-32-31-62-36-38-14-4-3-5-15-38)35-46(55-68-49-20-10-13-28-63-49)43-33-39(16-8-11-24-57)42(18-9-12-25-58)50(51(43)53)44-34-41(21-22-47(44)67-53)65-37-40-17-6-7-19-45(40)54/h2-7,14-15,17,19,21-22,33-34,39,42,48-51,57-59H,1,8-13,16,18,20,23-32,35-37H2. The monoisotopic (exact) mass is 944 g/mol. The lowest BCUT2D eigenvalue weighted by Gasteiger charge is -2.59. The lowest BCUT2D eigenvalue weighted by atomic mass is 9.55. The van der Waals surface area contributed by atoms with Crippen molar-refractivity contribution in [2.24, 2.45) is 22.9 Å². The molecular weight excluding hydrogens is 876 g/mol. The van der Waals surface area contributed by atoms with Gasteiger partial charge in [-0.2, -0.15) is 0 Å². The third-order valence-corrected chi connectivity index (χ3v) is 13.3. The van der Waals surface area contributed by atoms with E-state index in [1.54, 1.807) is 35.2 Å². The van der Waals surface area contributed by atoms with E-state index in [9.17, 15) is 24.5 Å². The summed E-state index contributed by atoms with van der Waals surface area (Å²) in [5.41, 5.74) is 3.74. The van der Waals surface area contributed by atoms with Gasteiger partial charge in [0.1, 0.15) is 36.6 Å². The van der Waals surface area contributed by atoms with Crippen molar-refractivity contribution in [2.75, 3.05) is 66.0 Å². The van der Waals surface area contributed by atoms with Crippen LogP contribution in [0.5, 0.6) is 11.5 Å². The first kappa shape index (κ1) is 51.0. The quantitative estimate of drug-likeness (QED) is 0.0381. The fraction of sp³-hybridized carbons (Fsp3) is 0.547. The number of nitrogens with zero attached hydrogens (tertiary/aromatic N) is 2. The number of aliphatic hydroxyl groups excluding tert-OH is 3. The second-order valence-electron chi connectivity index (χ2n) is 17.7. The van der Waals surface area contributed by atoms with Crippen LogP contribution in [0.15, 0.2) is 102 Å². The third kappa shape index (κ3) is 12.9. The molecule has 0 aromatic heterocycles. The number of amides is 1. The maximum atomic E-state index is 14.8. The molecule has 370 valence electrons. The van der Waals surface area contributed by atoms with Crippen LogP contribution in [-0.4, -0.2) is 116 Å². The van der Waals surface area contributed by atoms with Gasteiger partial charge in [0.2, 0.25) is 12.1 Å². The number of allylic oxidation sites excluding steroid dienone is 1. The molecule has 2 aliphatic heterocycles. The maximum Gasteiger partial charge on any atom is 0.410 e. The number of aliphatic hydroxyl groups is 3. The topological polar surface area (TPSA) is 167 Å². The third-order valence-electron chi connectivity index (χ3n) is 13.3. The minimum atomic E-state index is -1.56. The highest BCUT2D eigenvalue weighted by molar-refractivity contribution is 6.03. The molecule has 4 aliphatic rings. The number of halogens is 1. The van der Waals surface area contributed by atoms with Crippen molar-refractivity contribution in [3.05, 3.63) is 120 Å². The van der Waals surface area contributed by atoms with Gasteiger partial charge >= 0.3 is 6.09 Å². The van der Waals surface area contributed by atoms with Crippen LogP contribution in [0, 0.1) is 23.6 Å². The number of hydrogen-bond donors (Lipinski definition) is 3. The molecule has 0 spiro atoms. The first-order valence-electron chi connectivity index (χ1n) is 24.4. The van der Waals surface area contributed by atoms with Gasteiger partial charge in [0.15, 0.2) is 0 Å². The summed E-state index contributed by atoms with van der Waals surface area (Å²) >= 11 is 0. The zero-order valence-electron chi connectivity index (χ0n) is 39.1. The lowest BCUT2D eigenvalue weighted by Crippen LogP contribution is -2.70. The zero-order chi connectivity index (χ0) is 47.6. The van der Waals surface area contributed by atoms with Gasteiger partial charge < -0.3 is 53.3 Å². The van der Waals surface area contributed by atoms with Crippen molar-refractivity contribution in [3.63, 3.8) is 0 Å². The molecule has 7 unspecified atom stereocenters. The number of carbonyl (C=O) groups excluding carboxylic acids is 1. The van der Waals surface area contributed by atoms with Crippen LogP contribution in [0.1, 0.15) is 86.8 Å².